The summed E-state index contributed by atoms with van der Waals surface area (Å²) in [5.41, 5.74) is 0.866. The first kappa shape index (κ1) is 14.6. The molecule has 0 atom stereocenters. The minimum atomic E-state index is -0.279. The summed E-state index contributed by atoms with van der Waals surface area (Å²) in [5.74, 6) is 1.71. The number of hydrogen-bond donors (Lipinski definition) is 0. The van der Waals surface area contributed by atoms with E-state index in [2.05, 4.69) is 28.1 Å². The highest BCUT2D eigenvalue weighted by molar-refractivity contribution is 9.10. The van der Waals surface area contributed by atoms with Gasteiger partial charge < -0.3 is 4.74 Å². The van der Waals surface area contributed by atoms with Crippen molar-refractivity contribution in [1.29, 1.82) is 0 Å². The van der Waals surface area contributed by atoms with Crippen LogP contribution in [0, 0.1) is 5.92 Å². The lowest BCUT2D eigenvalue weighted by atomic mass is 9.85. The molecule has 0 unspecified atom stereocenters. The average molecular weight is 352 g/mol. The summed E-state index contributed by atoms with van der Waals surface area (Å²) in [6, 6.07) is 8.17. The third-order valence-corrected chi connectivity index (χ3v) is 4.95. The largest absolute Gasteiger partial charge is 0.380 e. The van der Waals surface area contributed by atoms with E-state index < -0.39 is 0 Å². The predicted octanol–water partition coefficient (Wildman–Crippen LogP) is 4.59. The van der Waals surface area contributed by atoms with E-state index in [1.54, 1.807) is 0 Å². The van der Waals surface area contributed by atoms with Crippen LogP contribution < -0.4 is 0 Å². The first-order valence-electron chi connectivity index (χ1n) is 6.16. The van der Waals surface area contributed by atoms with E-state index in [0.29, 0.717) is 18.4 Å². The number of halogens is 3. The van der Waals surface area contributed by atoms with E-state index in [1.165, 1.54) is 12.8 Å². The first-order chi connectivity index (χ1) is 8.70. The molecule has 1 aromatic carbocycles. The van der Waals surface area contributed by atoms with Gasteiger partial charge in [0.25, 0.3) is 0 Å². The molecule has 2 rings (SSSR count). The summed E-state index contributed by atoms with van der Waals surface area (Å²) in [6.45, 7) is 1.43. The van der Waals surface area contributed by atoms with Crippen molar-refractivity contribution in [2.24, 2.45) is 5.92 Å². The Labute approximate surface area is 127 Å². The molecule has 0 bridgehead atoms. The SMILES string of the molecule is ClCC(CCl)(COCC1CC1)c1ccc(Br)cc1. The molecule has 0 saturated heterocycles. The Balaban J connectivity index is 2.05. The summed E-state index contributed by atoms with van der Waals surface area (Å²) >= 11 is 15.7. The predicted molar refractivity (Wildman–Crippen MR) is 80.8 cm³/mol. The Bertz CT molecular complexity index is 372. The van der Waals surface area contributed by atoms with Gasteiger partial charge >= 0.3 is 0 Å². The third-order valence-electron chi connectivity index (χ3n) is 3.40. The molecule has 1 saturated carbocycles. The van der Waals surface area contributed by atoms with Crippen LogP contribution in [0.5, 0.6) is 0 Å². The van der Waals surface area contributed by atoms with Gasteiger partial charge in [0.15, 0.2) is 0 Å². The van der Waals surface area contributed by atoms with E-state index in [-0.39, 0.29) is 5.41 Å². The van der Waals surface area contributed by atoms with Crippen molar-refractivity contribution in [1.82, 2.24) is 0 Å². The number of ether oxygens (including phenoxy) is 1. The Hall–Kier alpha value is 0.240. The van der Waals surface area contributed by atoms with E-state index in [1.807, 2.05) is 12.1 Å². The Kier molecular flexibility index (Phi) is 5.37. The van der Waals surface area contributed by atoms with Crippen LogP contribution in [-0.4, -0.2) is 25.0 Å². The fraction of sp³-hybridized carbons (Fsp3) is 0.571. The van der Waals surface area contributed by atoms with Crippen LogP contribution in [0.4, 0.5) is 0 Å². The van der Waals surface area contributed by atoms with Gasteiger partial charge in [-0.1, -0.05) is 28.1 Å². The molecular formula is C14H17BrCl2O. The van der Waals surface area contributed by atoms with Crippen LogP contribution in [0.15, 0.2) is 28.7 Å². The van der Waals surface area contributed by atoms with Gasteiger partial charge in [-0.25, -0.2) is 0 Å². The quantitative estimate of drug-likeness (QED) is 0.653. The van der Waals surface area contributed by atoms with Crippen LogP contribution in [0.3, 0.4) is 0 Å². The third kappa shape index (κ3) is 3.63. The molecular weight excluding hydrogens is 335 g/mol. The van der Waals surface area contributed by atoms with Gasteiger partial charge in [-0.3, -0.25) is 0 Å². The topological polar surface area (TPSA) is 9.23 Å². The van der Waals surface area contributed by atoms with Crippen LogP contribution in [0.2, 0.25) is 0 Å². The molecule has 1 aliphatic carbocycles. The van der Waals surface area contributed by atoms with E-state index >= 15 is 0 Å². The smallest absolute Gasteiger partial charge is 0.0586 e. The van der Waals surface area contributed by atoms with Crippen molar-refractivity contribution in [3.05, 3.63) is 34.3 Å². The summed E-state index contributed by atoms with van der Waals surface area (Å²) in [6.07, 6.45) is 2.60. The molecule has 0 aliphatic heterocycles. The molecule has 0 heterocycles. The van der Waals surface area contributed by atoms with Crippen LogP contribution in [0.1, 0.15) is 18.4 Å². The number of hydrogen-bond acceptors (Lipinski definition) is 1. The Morgan fingerprint density at radius 2 is 1.78 bits per heavy atom. The summed E-state index contributed by atoms with van der Waals surface area (Å²) in [5, 5.41) is 0. The second kappa shape index (κ2) is 6.60. The molecule has 1 fully saturated rings. The van der Waals surface area contributed by atoms with Crippen molar-refractivity contribution in [3.8, 4) is 0 Å². The van der Waals surface area contributed by atoms with Gasteiger partial charge in [-0.05, 0) is 36.5 Å². The van der Waals surface area contributed by atoms with Crippen molar-refractivity contribution < 1.29 is 4.74 Å². The fourth-order valence-corrected chi connectivity index (χ4v) is 2.87. The lowest BCUT2D eigenvalue weighted by molar-refractivity contribution is 0.0889. The lowest BCUT2D eigenvalue weighted by Gasteiger charge is -2.30. The molecule has 18 heavy (non-hydrogen) atoms. The fourth-order valence-electron chi connectivity index (χ4n) is 1.86. The van der Waals surface area contributed by atoms with E-state index in [4.69, 9.17) is 27.9 Å². The molecule has 1 nitrogen and oxygen atoms in total. The van der Waals surface area contributed by atoms with Gasteiger partial charge in [0.2, 0.25) is 0 Å². The highest BCUT2D eigenvalue weighted by Gasteiger charge is 2.32. The highest BCUT2D eigenvalue weighted by Crippen LogP contribution is 2.32. The zero-order valence-electron chi connectivity index (χ0n) is 10.2. The van der Waals surface area contributed by atoms with Crippen molar-refractivity contribution in [3.63, 3.8) is 0 Å². The van der Waals surface area contributed by atoms with Gasteiger partial charge in [-0.2, -0.15) is 0 Å². The maximum atomic E-state index is 6.15. The normalized spacial score (nSPS) is 15.9. The van der Waals surface area contributed by atoms with Crippen LogP contribution >= 0.6 is 39.1 Å². The standard InChI is InChI=1S/C14H17BrCl2O/c15-13-5-3-12(4-6-13)14(8-16,9-17)10-18-7-11-1-2-11/h3-6,11H,1-2,7-10H2. The van der Waals surface area contributed by atoms with Gasteiger partial charge in [0, 0.05) is 28.3 Å². The monoisotopic (exact) mass is 350 g/mol. The molecule has 100 valence electrons. The Morgan fingerprint density at radius 3 is 2.28 bits per heavy atom. The molecule has 0 aromatic heterocycles. The van der Waals surface area contributed by atoms with Gasteiger partial charge in [-0.15, -0.1) is 23.2 Å². The molecule has 0 radical (unpaired) electrons. The number of alkyl halides is 2. The van der Waals surface area contributed by atoms with Crippen molar-refractivity contribution in [2.45, 2.75) is 18.3 Å². The summed E-state index contributed by atoms with van der Waals surface area (Å²) in [7, 11) is 0. The maximum absolute atomic E-state index is 6.15. The van der Waals surface area contributed by atoms with Crippen LogP contribution in [0.25, 0.3) is 0 Å². The average Bonchev–Trinajstić information content (AvgIpc) is 3.20. The second-order valence-electron chi connectivity index (χ2n) is 5.01. The first-order valence-corrected chi connectivity index (χ1v) is 8.02. The second-order valence-corrected chi connectivity index (χ2v) is 6.46. The zero-order valence-corrected chi connectivity index (χ0v) is 13.3. The molecule has 0 amide bonds. The molecule has 4 heteroatoms. The summed E-state index contributed by atoms with van der Waals surface area (Å²) in [4.78, 5) is 0. The van der Waals surface area contributed by atoms with Crippen molar-refractivity contribution in [2.75, 3.05) is 25.0 Å². The number of rotatable bonds is 7. The molecule has 1 aliphatic rings. The Morgan fingerprint density at radius 1 is 1.17 bits per heavy atom. The molecule has 0 spiro atoms. The number of benzene rings is 1. The highest BCUT2D eigenvalue weighted by atomic mass is 79.9. The van der Waals surface area contributed by atoms with Crippen molar-refractivity contribution >= 4 is 39.1 Å². The lowest BCUT2D eigenvalue weighted by Crippen LogP contribution is -2.36. The zero-order chi connectivity index (χ0) is 13.0. The van der Waals surface area contributed by atoms with E-state index in [9.17, 15) is 0 Å². The van der Waals surface area contributed by atoms with Gasteiger partial charge in [0.1, 0.15) is 0 Å². The minimum Gasteiger partial charge on any atom is -0.380 e. The molecule has 0 N–H and O–H groups in total. The maximum Gasteiger partial charge on any atom is 0.0586 e. The van der Waals surface area contributed by atoms with E-state index in [0.717, 1.165) is 22.6 Å². The summed E-state index contributed by atoms with van der Waals surface area (Å²) < 4.78 is 6.87. The van der Waals surface area contributed by atoms with Gasteiger partial charge in [0.05, 0.1) is 6.61 Å². The molecule has 1 aromatic rings. The van der Waals surface area contributed by atoms with Crippen LogP contribution in [-0.2, 0) is 10.2 Å². The minimum absolute atomic E-state index is 0.279.